The summed E-state index contributed by atoms with van der Waals surface area (Å²) in [5.41, 5.74) is 2.37. The average molecular weight is 420 g/mol. The second kappa shape index (κ2) is 10.3. The number of nitrogens with zero attached hydrogens (tertiary/aromatic N) is 2. The number of carbonyl (C=O) groups excluding carboxylic acids is 1. The van der Waals surface area contributed by atoms with E-state index in [2.05, 4.69) is 27.5 Å². The molecule has 6 nitrogen and oxygen atoms in total. The van der Waals surface area contributed by atoms with E-state index < -0.39 is 0 Å². The van der Waals surface area contributed by atoms with E-state index in [1.54, 1.807) is 13.2 Å². The van der Waals surface area contributed by atoms with Gasteiger partial charge in [0.15, 0.2) is 11.5 Å². The van der Waals surface area contributed by atoms with Gasteiger partial charge in [-0.1, -0.05) is 60.5 Å². The largest absolute Gasteiger partial charge is 0.497 e. The summed E-state index contributed by atoms with van der Waals surface area (Å²) in [4.78, 5) is 15.3. The van der Waals surface area contributed by atoms with Crippen LogP contribution < -0.4 is 10.1 Å². The van der Waals surface area contributed by atoms with Crippen molar-refractivity contribution < 1.29 is 14.1 Å². The van der Waals surface area contributed by atoms with Crippen LogP contribution in [0.4, 0.5) is 0 Å². The number of hydrogen-bond donors (Lipinski definition) is 1. The lowest BCUT2D eigenvalue weighted by molar-refractivity contribution is 0.0924. The highest BCUT2D eigenvalue weighted by molar-refractivity contribution is 5.93. The fourth-order valence-electron chi connectivity index (χ4n) is 4.09. The predicted molar refractivity (Wildman–Crippen MR) is 120 cm³/mol. The van der Waals surface area contributed by atoms with Crippen LogP contribution in [-0.4, -0.2) is 42.7 Å². The van der Waals surface area contributed by atoms with Crippen LogP contribution in [0.15, 0.2) is 65.2 Å². The molecule has 0 saturated carbocycles. The first kappa shape index (κ1) is 21.1. The fourth-order valence-corrected chi connectivity index (χ4v) is 4.09. The normalized spacial score (nSPS) is 15.8. The molecule has 6 heteroatoms. The summed E-state index contributed by atoms with van der Waals surface area (Å²) in [6, 6.07) is 19.6. The second-order valence-electron chi connectivity index (χ2n) is 7.89. The maximum Gasteiger partial charge on any atom is 0.273 e. The van der Waals surface area contributed by atoms with E-state index in [0.717, 1.165) is 24.4 Å². The van der Waals surface area contributed by atoms with E-state index in [9.17, 15) is 4.79 Å². The van der Waals surface area contributed by atoms with Gasteiger partial charge < -0.3 is 14.6 Å². The minimum atomic E-state index is -0.223. The lowest BCUT2D eigenvalue weighted by atomic mass is 10.0. The Balaban J connectivity index is 1.47. The van der Waals surface area contributed by atoms with Crippen molar-refractivity contribution in [3.63, 3.8) is 0 Å². The third-order valence-electron chi connectivity index (χ3n) is 5.84. The Labute approximate surface area is 183 Å². The number of carbonyl (C=O) groups is 1. The summed E-state index contributed by atoms with van der Waals surface area (Å²) in [6.45, 7) is 2.59. The molecule has 1 aliphatic rings. The van der Waals surface area contributed by atoms with Gasteiger partial charge in [0.25, 0.3) is 5.91 Å². The van der Waals surface area contributed by atoms with Gasteiger partial charge in [0.05, 0.1) is 13.2 Å². The smallest absolute Gasteiger partial charge is 0.273 e. The Morgan fingerprint density at radius 1 is 1.06 bits per heavy atom. The standard InChI is InChI=1S/C25H29N3O3/c1-30-21-13-11-19(12-14-21)23(28-15-7-2-3-8-16-28)18-26-25(29)22-17-24(31-27-22)20-9-5-4-6-10-20/h4-6,9-14,17,23H,2-3,7-8,15-16,18H2,1H3,(H,26,29). The van der Waals surface area contributed by atoms with Crippen molar-refractivity contribution in [2.24, 2.45) is 0 Å². The topological polar surface area (TPSA) is 67.6 Å². The van der Waals surface area contributed by atoms with E-state index in [-0.39, 0.29) is 11.9 Å². The van der Waals surface area contributed by atoms with Gasteiger partial charge in [0.2, 0.25) is 0 Å². The number of amides is 1. The van der Waals surface area contributed by atoms with Gasteiger partial charge in [-0.25, -0.2) is 0 Å². The number of methoxy groups -OCH3 is 1. The Kier molecular flexibility index (Phi) is 6.99. The summed E-state index contributed by atoms with van der Waals surface area (Å²) >= 11 is 0. The van der Waals surface area contributed by atoms with Crippen molar-refractivity contribution in [1.82, 2.24) is 15.4 Å². The average Bonchev–Trinajstić information content (AvgIpc) is 3.17. The molecule has 3 aromatic rings. The summed E-state index contributed by atoms with van der Waals surface area (Å²) in [5.74, 6) is 1.20. The summed E-state index contributed by atoms with van der Waals surface area (Å²) in [7, 11) is 1.67. The zero-order valence-electron chi connectivity index (χ0n) is 17.9. The van der Waals surface area contributed by atoms with Crippen molar-refractivity contribution in [2.75, 3.05) is 26.7 Å². The maximum absolute atomic E-state index is 12.8. The second-order valence-corrected chi connectivity index (χ2v) is 7.89. The van der Waals surface area contributed by atoms with Gasteiger partial charge in [-0.15, -0.1) is 0 Å². The molecule has 1 amide bonds. The van der Waals surface area contributed by atoms with E-state index in [1.165, 1.54) is 31.2 Å². The number of nitrogens with one attached hydrogen (secondary N) is 1. The van der Waals surface area contributed by atoms with E-state index in [0.29, 0.717) is 18.0 Å². The number of rotatable bonds is 7. The van der Waals surface area contributed by atoms with Crippen molar-refractivity contribution >= 4 is 5.91 Å². The molecule has 2 heterocycles. The molecular formula is C25H29N3O3. The van der Waals surface area contributed by atoms with Crippen LogP contribution in [0.2, 0.25) is 0 Å². The van der Waals surface area contributed by atoms with Crippen LogP contribution in [0, 0.1) is 0 Å². The van der Waals surface area contributed by atoms with Gasteiger partial charge >= 0.3 is 0 Å². The Hall–Kier alpha value is -3.12. The van der Waals surface area contributed by atoms with Crippen molar-refractivity contribution in [3.8, 4) is 17.1 Å². The molecule has 1 aromatic heterocycles. The van der Waals surface area contributed by atoms with Gasteiger partial charge in [-0.05, 0) is 43.6 Å². The van der Waals surface area contributed by atoms with Gasteiger partial charge in [-0.2, -0.15) is 0 Å². The molecule has 162 valence electrons. The van der Waals surface area contributed by atoms with Crippen molar-refractivity contribution in [1.29, 1.82) is 0 Å². The quantitative estimate of drug-likeness (QED) is 0.601. The number of aromatic nitrogens is 1. The lowest BCUT2D eigenvalue weighted by Gasteiger charge is -2.31. The molecule has 4 rings (SSSR count). The summed E-state index contributed by atoms with van der Waals surface area (Å²) < 4.78 is 10.7. The van der Waals surface area contributed by atoms with Crippen LogP contribution in [0.3, 0.4) is 0 Å². The third kappa shape index (κ3) is 5.33. The summed E-state index contributed by atoms with van der Waals surface area (Å²) in [6.07, 6.45) is 4.90. The first-order valence-electron chi connectivity index (χ1n) is 10.9. The molecule has 2 aromatic carbocycles. The zero-order chi connectivity index (χ0) is 21.5. The van der Waals surface area contributed by atoms with Crippen LogP contribution >= 0.6 is 0 Å². The highest BCUT2D eigenvalue weighted by atomic mass is 16.5. The summed E-state index contributed by atoms with van der Waals surface area (Å²) in [5, 5.41) is 7.05. The van der Waals surface area contributed by atoms with Gasteiger partial charge in [0.1, 0.15) is 5.75 Å². The first-order chi connectivity index (χ1) is 15.2. The third-order valence-corrected chi connectivity index (χ3v) is 5.84. The molecule has 1 fully saturated rings. The molecule has 1 atom stereocenters. The van der Waals surface area contributed by atoms with E-state index >= 15 is 0 Å². The molecule has 1 aliphatic heterocycles. The van der Waals surface area contributed by atoms with Gasteiger partial charge in [0, 0.05) is 18.2 Å². The highest BCUT2D eigenvalue weighted by Gasteiger charge is 2.23. The highest BCUT2D eigenvalue weighted by Crippen LogP contribution is 2.26. The SMILES string of the molecule is COc1ccc(C(CNC(=O)c2cc(-c3ccccc3)on2)N2CCCCCC2)cc1. The maximum atomic E-state index is 12.8. The number of benzene rings is 2. The molecule has 0 aliphatic carbocycles. The van der Waals surface area contributed by atoms with Crippen LogP contribution in [0.25, 0.3) is 11.3 Å². The zero-order valence-corrected chi connectivity index (χ0v) is 17.9. The predicted octanol–water partition coefficient (Wildman–Crippen LogP) is 4.70. The first-order valence-corrected chi connectivity index (χ1v) is 10.9. The molecule has 1 unspecified atom stereocenters. The van der Waals surface area contributed by atoms with E-state index in [4.69, 9.17) is 9.26 Å². The fraction of sp³-hybridized carbons (Fsp3) is 0.360. The Morgan fingerprint density at radius 2 is 1.77 bits per heavy atom. The van der Waals surface area contributed by atoms with Crippen LogP contribution in [-0.2, 0) is 0 Å². The number of hydrogen-bond acceptors (Lipinski definition) is 5. The molecular weight excluding hydrogens is 390 g/mol. The van der Waals surface area contributed by atoms with Crippen molar-refractivity contribution in [2.45, 2.75) is 31.7 Å². The minimum Gasteiger partial charge on any atom is -0.497 e. The van der Waals surface area contributed by atoms with Crippen LogP contribution in [0.1, 0.15) is 47.8 Å². The molecule has 0 radical (unpaired) electrons. The van der Waals surface area contributed by atoms with Crippen LogP contribution in [0.5, 0.6) is 5.75 Å². The number of likely N-dealkylation sites (tertiary alicyclic amines) is 1. The monoisotopic (exact) mass is 419 g/mol. The molecule has 31 heavy (non-hydrogen) atoms. The Morgan fingerprint density at radius 3 is 2.45 bits per heavy atom. The number of ether oxygens (including phenoxy) is 1. The minimum absolute atomic E-state index is 0.105. The molecule has 1 saturated heterocycles. The van der Waals surface area contributed by atoms with Crippen molar-refractivity contribution in [3.05, 3.63) is 71.9 Å². The molecule has 0 spiro atoms. The lowest BCUT2D eigenvalue weighted by Crippen LogP contribution is -2.38. The molecule has 1 N–H and O–H groups in total. The van der Waals surface area contributed by atoms with E-state index in [1.807, 2.05) is 42.5 Å². The Bertz CT molecular complexity index is 961. The molecule has 0 bridgehead atoms. The van der Waals surface area contributed by atoms with Gasteiger partial charge in [-0.3, -0.25) is 9.69 Å².